The van der Waals surface area contributed by atoms with E-state index >= 15 is 0 Å². The first-order valence-electron chi connectivity index (χ1n) is 5.44. The van der Waals surface area contributed by atoms with Crippen LogP contribution in [0.25, 0.3) is 0 Å². The van der Waals surface area contributed by atoms with Crippen LogP contribution in [0.15, 0.2) is 0 Å². The first-order valence-corrected chi connectivity index (χ1v) is 7.05. The van der Waals surface area contributed by atoms with Crippen molar-refractivity contribution >= 4 is 7.60 Å². The molecule has 0 aromatic heterocycles. The van der Waals surface area contributed by atoms with E-state index in [1.54, 1.807) is 0 Å². The molecule has 0 aliphatic rings. The quantitative estimate of drug-likeness (QED) is 0.702. The number of hydrogen-bond donors (Lipinski definition) is 1. The second-order valence-corrected chi connectivity index (χ2v) is 6.40. The number of likely N-dealkylation sites (N-methyl/N-ethyl adjacent to an activating group) is 1. The van der Waals surface area contributed by atoms with Crippen LogP contribution in [0.2, 0.25) is 0 Å². The lowest BCUT2D eigenvalue weighted by molar-refractivity contribution is 0.0220. The van der Waals surface area contributed by atoms with Crippen LogP contribution in [0.3, 0.4) is 0 Å². The van der Waals surface area contributed by atoms with Gasteiger partial charge in [-0.15, -0.1) is 0 Å². The van der Waals surface area contributed by atoms with Crippen molar-refractivity contribution in [3.63, 3.8) is 0 Å². The Morgan fingerprint density at radius 1 is 1.25 bits per heavy atom. The summed E-state index contributed by atoms with van der Waals surface area (Å²) >= 11 is 0. The van der Waals surface area contributed by atoms with E-state index in [2.05, 4.69) is 0 Å². The number of nitrogens with zero attached hydrogens (tertiary/aromatic N) is 1. The Morgan fingerprint density at radius 3 is 1.88 bits per heavy atom. The molecule has 0 spiro atoms. The lowest BCUT2D eigenvalue weighted by Gasteiger charge is -2.42. The molecule has 6 heteroatoms. The van der Waals surface area contributed by atoms with Gasteiger partial charge in [0, 0.05) is 14.2 Å². The predicted molar refractivity (Wildman–Crippen MR) is 64.6 cm³/mol. The molecule has 0 saturated heterocycles. The van der Waals surface area contributed by atoms with Gasteiger partial charge >= 0.3 is 7.60 Å². The van der Waals surface area contributed by atoms with Crippen LogP contribution in [0.1, 0.15) is 27.7 Å². The maximum atomic E-state index is 12.1. The molecule has 1 N–H and O–H groups in total. The molecule has 0 bridgehead atoms. The Balaban J connectivity index is 5.07. The van der Waals surface area contributed by atoms with Crippen LogP contribution in [0.5, 0.6) is 0 Å². The van der Waals surface area contributed by atoms with Crippen molar-refractivity contribution < 1.29 is 18.7 Å². The van der Waals surface area contributed by atoms with Crippen molar-refractivity contribution in [3.8, 4) is 0 Å². The summed E-state index contributed by atoms with van der Waals surface area (Å²) < 4.78 is 21.8. The Morgan fingerprint density at radius 2 is 1.62 bits per heavy atom. The Kier molecular flexibility index (Phi) is 6.15. The van der Waals surface area contributed by atoms with Crippen LogP contribution >= 0.6 is 7.60 Å². The summed E-state index contributed by atoms with van der Waals surface area (Å²) in [5, 5.41) is 10.2. The molecule has 0 aromatic carbocycles. The Bertz CT molecular complexity index is 245. The van der Waals surface area contributed by atoms with Gasteiger partial charge in [0.15, 0.2) is 5.85 Å². The highest BCUT2D eigenvalue weighted by Gasteiger charge is 2.46. The zero-order chi connectivity index (χ0) is 13.0. The molecular formula is C10H24NO4P. The second kappa shape index (κ2) is 6.12. The highest BCUT2D eigenvalue weighted by atomic mass is 31.2. The fourth-order valence-corrected chi connectivity index (χ4v) is 3.35. The third-order valence-electron chi connectivity index (χ3n) is 3.02. The summed E-state index contributed by atoms with van der Waals surface area (Å²) in [6, 6.07) is 0. The van der Waals surface area contributed by atoms with E-state index in [1.165, 1.54) is 14.2 Å². The van der Waals surface area contributed by atoms with Crippen molar-refractivity contribution in [2.24, 2.45) is 0 Å². The first-order chi connectivity index (χ1) is 7.30. The summed E-state index contributed by atoms with van der Waals surface area (Å²) in [4.78, 5) is 2.02. The molecule has 1 atom stereocenters. The van der Waals surface area contributed by atoms with E-state index in [4.69, 9.17) is 9.05 Å². The molecule has 0 fully saturated rings. The summed E-state index contributed by atoms with van der Waals surface area (Å²) in [5.41, 5.74) is -0.662. The Hall–Kier alpha value is 0.0700. The maximum Gasteiger partial charge on any atom is 0.360 e. The van der Waals surface area contributed by atoms with Gasteiger partial charge < -0.3 is 14.2 Å². The molecular weight excluding hydrogens is 229 g/mol. The first kappa shape index (κ1) is 16.1. The molecule has 0 radical (unpaired) electrons. The average Bonchev–Trinajstić information content (AvgIpc) is 2.28. The number of aliphatic hydroxyl groups is 1. The smallest absolute Gasteiger partial charge is 0.360 e. The van der Waals surface area contributed by atoms with Crippen molar-refractivity contribution in [3.05, 3.63) is 0 Å². The monoisotopic (exact) mass is 253 g/mol. The molecule has 0 amide bonds. The van der Waals surface area contributed by atoms with Gasteiger partial charge in [0.05, 0.1) is 5.54 Å². The van der Waals surface area contributed by atoms with Gasteiger partial charge in [-0.2, -0.15) is 0 Å². The molecule has 0 rings (SSSR count). The van der Waals surface area contributed by atoms with Crippen LogP contribution in [0, 0.1) is 0 Å². The van der Waals surface area contributed by atoms with Crippen molar-refractivity contribution in [2.45, 2.75) is 39.1 Å². The maximum absolute atomic E-state index is 12.1. The van der Waals surface area contributed by atoms with Crippen LogP contribution in [0.4, 0.5) is 0 Å². The molecule has 1 unspecified atom stereocenters. The lowest BCUT2D eigenvalue weighted by Crippen LogP contribution is -2.52. The van der Waals surface area contributed by atoms with Gasteiger partial charge in [-0.05, 0) is 26.9 Å². The molecule has 0 heterocycles. The fourth-order valence-electron chi connectivity index (χ4n) is 1.86. The van der Waals surface area contributed by atoms with Gasteiger partial charge in [0.2, 0.25) is 0 Å². The van der Waals surface area contributed by atoms with E-state index in [0.717, 1.165) is 13.1 Å². The highest BCUT2D eigenvalue weighted by molar-refractivity contribution is 7.54. The van der Waals surface area contributed by atoms with Gasteiger partial charge in [-0.1, -0.05) is 13.8 Å². The minimum atomic E-state index is -3.46. The summed E-state index contributed by atoms with van der Waals surface area (Å²) in [6.07, 6.45) is 0. The lowest BCUT2D eigenvalue weighted by atomic mass is 10.0. The highest BCUT2D eigenvalue weighted by Crippen LogP contribution is 2.54. The SMILES string of the molecule is CCN(CC)C(C)(C)C(O)P(=O)(OC)OC. The fraction of sp³-hybridized carbons (Fsp3) is 1.00. The molecule has 0 aliphatic carbocycles. The number of hydrogen-bond acceptors (Lipinski definition) is 5. The van der Waals surface area contributed by atoms with Crippen LogP contribution in [-0.4, -0.2) is 48.7 Å². The normalized spacial score (nSPS) is 15.5. The molecule has 0 aromatic rings. The largest absolute Gasteiger partial charge is 0.379 e. The standard InChI is InChI=1S/C10H24NO4P/c1-7-11(8-2)10(3,4)9(12)16(13,14-5)15-6/h9,12H,7-8H2,1-6H3. The van der Waals surface area contributed by atoms with Gasteiger partial charge in [-0.3, -0.25) is 9.46 Å². The zero-order valence-electron chi connectivity index (χ0n) is 11.1. The second-order valence-electron chi connectivity index (χ2n) is 4.10. The molecule has 98 valence electrons. The third-order valence-corrected chi connectivity index (χ3v) is 5.27. The number of aliphatic hydroxyl groups excluding tert-OH is 1. The minimum Gasteiger partial charge on any atom is -0.379 e. The topological polar surface area (TPSA) is 59.0 Å². The summed E-state index contributed by atoms with van der Waals surface area (Å²) in [6.45, 7) is 9.15. The number of rotatable bonds is 7. The molecule has 0 saturated carbocycles. The average molecular weight is 253 g/mol. The van der Waals surface area contributed by atoms with E-state index in [0.29, 0.717) is 0 Å². The third kappa shape index (κ3) is 3.05. The van der Waals surface area contributed by atoms with E-state index in [9.17, 15) is 9.67 Å². The van der Waals surface area contributed by atoms with Crippen molar-refractivity contribution in [1.82, 2.24) is 4.90 Å². The van der Waals surface area contributed by atoms with Gasteiger partial charge in [0.25, 0.3) is 0 Å². The van der Waals surface area contributed by atoms with Crippen LogP contribution < -0.4 is 0 Å². The molecule has 16 heavy (non-hydrogen) atoms. The molecule has 5 nitrogen and oxygen atoms in total. The Labute approximate surface area is 98.3 Å². The minimum absolute atomic E-state index is 0.662. The van der Waals surface area contributed by atoms with E-state index in [1.807, 2.05) is 32.6 Å². The van der Waals surface area contributed by atoms with Crippen molar-refractivity contribution in [1.29, 1.82) is 0 Å². The molecule has 0 aliphatic heterocycles. The van der Waals surface area contributed by atoms with Crippen molar-refractivity contribution in [2.75, 3.05) is 27.3 Å². The zero-order valence-corrected chi connectivity index (χ0v) is 12.0. The summed E-state index contributed by atoms with van der Waals surface area (Å²) in [5.74, 6) is -1.17. The predicted octanol–water partition coefficient (Wildman–Crippen LogP) is 1.91. The van der Waals surface area contributed by atoms with E-state index < -0.39 is 19.0 Å². The van der Waals surface area contributed by atoms with Gasteiger partial charge in [0.1, 0.15) is 0 Å². The van der Waals surface area contributed by atoms with Gasteiger partial charge in [-0.25, -0.2) is 0 Å². The summed E-state index contributed by atoms with van der Waals surface area (Å²) in [7, 11) is -0.893. The van der Waals surface area contributed by atoms with Crippen LogP contribution in [-0.2, 0) is 13.6 Å². The van der Waals surface area contributed by atoms with E-state index in [-0.39, 0.29) is 0 Å².